The molecule has 7 rings (SSSR count). The zero-order valence-corrected chi connectivity index (χ0v) is 24.2. The maximum absolute atomic E-state index is 5.09. The van der Waals surface area contributed by atoms with Crippen LogP contribution in [0, 0.1) is 6.07 Å². The summed E-state index contributed by atoms with van der Waals surface area (Å²) in [4.78, 5) is 14.6. The third-order valence-electron chi connectivity index (χ3n) is 7.21. The molecule has 4 aromatic heterocycles. The Kier molecular flexibility index (Phi) is 6.24. The number of rotatable bonds is 3. The molecule has 0 saturated heterocycles. The van der Waals surface area contributed by atoms with Crippen molar-refractivity contribution in [3.05, 3.63) is 115 Å². The monoisotopic (exact) mass is 685 g/mol. The number of hydrogen-bond donors (Lipinski definition) is 0. The summed E-state index contributed by atoms with van der Waals surface area (Å²) in [5.74, 6) is 0. The van der Waals surface area contributed by atoms with Gasteiger partial charge in [0, 0.05) is 17.0 Å². The van der Waals surface area contributed by atoms with Gasteiger partial charge in [-0.1, -0.05) is 74.9 Å². The second kappa shape index (κ2) is 9.63. The van der Waals surface area contributed by atoms with Crippen LogP contribution < -0.4 is 4.98 Å². The Morgan fingerprint density at radius 1 is 0.744 bits per heavy atom. The molecule has 0 fully saturated rings. The molecule has 0 aliphatic carbocycles. The fourth-order valence-corrected chi connectivity index (χ4v) is 5.41. The molecule has 0 spiro atoms. The molecule has 0 radical (unpaired) electrons. The van der Waals surface area contributed by atoms with Crippen molar-refractivity contribution in [3.8, 4) is 28.2 Å². The molecule has 192 valence electrons. The van der Waals surface area contributed by atoms with E-state index in [4.69, 9.17) is 15.0 Å². The molecule has 7 aromatic rings. The molecule has 0 aliphatic rings. The first-order valence-corrected chi connectivity index (χ1v) is 12.9. The SMILES string of the molecule is CC(C)(C)c1c[n-]c2c(-c3cccc(-c4[c-]c(-n5c6ccccc6c6cccnc65)ccc4)n3)cccc12.[Pt+2]. The van der Waals surface area contributed by atoms with Crippen molar-refractivity contribution in [1.29, 1.82) is 0 Å². The van der Waals surface area contributed by atoms with E-state index in [0.29, 0.717) is 0 Å². The number of pyridine rings is 2. The van der Waals surface area contributed by atoms with Crippen LogP contribution in [0.3, 0.4) is 0 Å². The summed E-state index contributed by atoms with van der Waals surface area (Å²) in [6, 6.07) is 34.9. The van der Waals surface area contributed by atoms with Gasteiger partial charge in [0.15, 0.2) is 0 Å². The largest absolute Gasteiger partial charge is 2.00 e. The van der Waals surface area contributed by atoms with Crippen LogP contribution in [0.1, 0.15) is 26.3 Å². The number of aromatic nitrogens is 4. The van der Waals surface area contributed by atoms with E-state index in [1.165, 1.54) is 16.3 Å². The number of nitrogens with zero attached hydrogens (tertiary/aromatic N) is 4. The van der Waals surface area contributed by atoms with Crippen molar-refractivity contribution in [3.63, 3.8) is 0 Å². The average molecular weight is 686 g/mol. The third-order valence-corrected chi connectivity index (χ3v) is 7.21. The van der Waals surface area contributed by atoms with E-state index >= 15 is 0 Å². The molecule has 4 heterocycles. The summed E-state index contributed by atoms with van der Waals surface area (Å²) in [5, 5.41) is 3.50. The summed E-state index contributed by atoms with van der Waals surface area (Å²) in [7, 11) is 0. The topological polar surface area (TPSA) is 44.8 Å². The van der Waals surface area contributed by atoms with Crippen LogP contribution in [0.25, 0.3) is 61.0 Å². The normalized spacial score (nSPS) is 11.8. The van der Waals surface area contributed by atoms with Gasteiger partial charge in [0.2, 0.25) is 0 Å². The molecule has 5 heteroatoms. The van der Waals surface area contributed by atoms with Crippen LogP contribution in [-0.4, -0.2) is 14.5 Å². The predicted molar refractivity (Wildman–Crippen MR) is 156 cm³/mol. The predicted octanol–water partition coefficient (Wildman–Crippen LogP) is 8.11. The zero-order chi connectivity index (χ0) is 25.9. The maximum atomic E-state index is 5.09. The van der Waals surface area contributed by atoms with Gasteiger partial charge >= 0.3 is 21.1 Å². The van der Waals surface area contributed by atoms with E-state index in [1.807, 2.05) is 24.5 Å². The van der Waals surface area contributed by atoms with Gasteiger partial charge < -0.3 is 9.55 Å². The second-order valence-corrected chi connectivity index (χ2v) is 10.7. The second-order valence-electron chi connectivity index (χ2n) is 10.7. The van der Waals surface area contributed by atoms with Gasteiger partial charge in [-0.25, -0.2) is 4.98 Å². The Bertz CT molecular complexity index is 1920. The van der Waals surface area contributed by atoms with Crippen molar-refractivity contribution in [1.82, 2.24) is 19.5 Å². The Morgan fingerprint density at radius 3 is 2.36 bits per heavy atom. The molecule has 0 saturated carbocycles. The van der Waals surface area contributed by atoms with Crippen LogP contribution in [0.5, 0.6) is 0 Å². The van der Waals surface area contributed by atoms with Gasteiger partial charge in [-0.3, -0.25) is 4.98 Å². The van der Waals surface area contributed by atoms with Crippen molar-refractivity contribution >= 4 is 32.8 Å². The molecular formula is C34H26N4Pt. The molecule has 0 N–H and O–H groups in total. The van der Waals surface area contributed by atoms with E-state index in [0.717, 1.165) is 50.3 Å². The Morgan fingerprint density at radius 2 is 1.49 bits per heavy atom. The first-order valence-electron chi connectivity index (χ1n) is 12.9. The summed E-state index contributed by atoms with van der Waals surface area (Å²) < 4.78 is 2.18. The van der Waals surface area contributed by atoms with Gasteiger partial charge in [-0.05, 0) is 52.0 Å². The summed E-state index contributed by atoms with van der Waals surface area (Å²) in [6.07, 6.45) is 3.85. The minimum Gasteiger partial charge on any atom is -0.663 e. The van der Waals surface area contributed by atoms with E-state index in [-0.39, 0.29) is 26.5 Å². The van der Waals surface area contributed by atoms with Gasteiger partial charge in [-0.15, -0.1) is 35.3 Å². The molecular weight excluding hydrogens is 659 g/mol. The molecule has 4 nitrogen and oxygen atoms in total. The quantitative estimate of drug-likeness (QED) is 0.177. The van der Waals surface area contributed by atoms with E-state index < -0.39 is 0 Å². The molecule has 0 amide bonds. The first-order chi connectivity index (χ1) is 18.5. The minimum atomic E-state index is 0. The number of benzene rings is 3. The molecule has 3 aromatic carbocycles. The Hall–Kier alpha value is -4.01. The van der Waals surface area contributed by atoms with Crippen molar-refractivity contribution in [2.45, 2.75) is 26.2 Å². The smallest absolute Gasteiger partial charge is 0.663 e. The van der Waals surface area contributed by atoms with Crippen LogP contribution in [0.2, 0.25) is 0 Å². The fraction of sp³-hybridized carbons (Fsp3) is 0.118. The Labute approximate surface area is 242 Å². The third kappa shape index (κ3) is 4.20. The van der Waals surface area contributed by atoms with Gasteiger partial charge in [-0.2, -0.15) is 6.20 Å². The molecule has 39 heavy (non-hydrogen) atoms. The molecule has 0 atom stereocenters. The van der Waals surface area contributed by atoms with Crippen LogP contribution >= 0.6 is 0 Å². The van der Waals surface area contributed by atoms with Crippen molar-refractivity contribution < 1.29 is 21.1 Å². The van der Waals surface area contributed by atoms with Crippen LogP contribution in [-0.2, 0) is 26.5 Å². The number of para-hydroxylation sites is 2. The fourth-order valence-electron chi connectivity index (χ4n) is 5.41. The van der Waals surface area contributed by atoms with E-state index in [1.54, 1.807) is 0 Å². The molecule has 0 unspecified atom stereocenters. The van der Waals surface area contributed by atoms with Crippen molar-refractivity contribution in [2.24, 2.45) is 0 Å². The van der Waals surface area contributed by atoms with Crippen LogP contribution in [0.4, 0.5) is 0 Å². The van der Waals surface area contributed by atoms with Gasteiger partial charge in [0.05, 0.1) is 11.2 Å². The summed E-state index contributed by atoms with van der Waals surface area (Å²) >= 11 is 0. The standard InChI is InChI=1S/C34H26N4.Pt/c1-34(2,3)28-21-36-32-26(28)13-7-14-27(32)30-17-8-16-29(37-30)22-10-6-11-23(20-22)38-31-18-5-4-12-24(31)25-15-9-19-35-33(25)38;/h4-19,21H,1-3H3;/q-2;+2. The van der Waals surface area contributed by atoms with E-state index in [9.17, 15) is 0 Å². The van der Waals surface area contributed by atoms with Crippen molar-refractivity contribution in [2.75, 3.05) is 0 Å². The first kappa shape index (κ1) is 25.3. The Balaban J connectivity index is 0.00000277. The number of hydrogen-bond acceptors (Lipinski definition) is 2. The zero-order valence-electron chi connectivity index (χ0n) is 21.9. The summed E-state index contributed by atoms with van der Waals surface area (Å²) in [6.45, 7) is 6.68. The average Bonchev–Trinajstić information content (AvgIpc) is 3.53. The van der Waals surface area contributed by atoms with Crippen LogP contribution in [0.15, 0.2) is 103 Å². The van der Waals surface area contributed by atoms with Gasteiger partial charge in [0.1, 0.15) is 5.65 Å². The molecule has 0 bridgehead atoms. The van der Waals surface area contributed by atoms with Gasteiger partial charge in [0.25, 0.3) is 0 Å². The van der Waals surface area contributed by atoms with E-state index in [2.05, 4.69) is 110 Å². The molecule has 0 aliphatic heterocycles. The number of fused-ring (bicyclic) bond motifs is 4. The minimum absolute atomic E-state index is 0. The summed E-state index contributed by atoms with van der Waals surface area (Å²) in [5.41, 5.74) is 9.01. The maximum Gasteiger partial charge on any atom is 2.00 e.